The maximum atomic E-state index is 13.1. The summed E-state index contributed by atoms with van der Waals surface area (Å²) in [6, 6.07) is 16.3. The van der Waals surface area contributed by atoms with Crippen LogP contribution in [0.4, 0.5) is 5.69 Å². The van der Waals surface area contributed by atoms with Crippen molar-refractivity contribution in [2.24, 2.45) is 0 Å². The molecular formula is C21H24N2O6S. The number of hydrogen-bond acceptors (Lipinski definition) is 6. The van der Waals surface area contributed by atoms with E-state index in [4.69, 9.17) is 9.47 Å². The van der Waals surface area contributed by atoms with Gasteiger partial charge in [0.2, 0.25) is 22.0 Å². The van der Waals surface area contributed by atoms with Crippen LogP contribution in [0.2, 0.25) is 0 Å². The molecule has 0 bridgehead atoms. The van der Waals surface area contributed by atoms with Gasteiger partial charge in [0, 0.05) is 6.54 Å². The van der Waals surface area contributed by atoms with Crippen LogP contribution in [0.5, 0.6) is 5.75 Å². The molecule has 0 aromatic heterocycles. The predicted molar refractivity (Wildman–Crippen MR) is 112 cm³/mol. The van der Waals surface area contributed by atoms with Crippen LogP contribution >= 0.6 is 0 Å². The highest BCUT2D eigenvalue weighted by Gasteiger charge is 2.35. The highest BCUT2D eigenvalue weighted by molar-refractivity contribution is 7.88. The normalized spacial score (nSPS) is 16.0. The number of methoxy groups -OCH3 is 1. The number of benzene rings is 2. The number of carbonyl (C=O) groups is 2. The van der Waals surface area contributed by atoms with Gasteiger partial charge in [-0.25, -0.2) is 13.2 Å². The Balaban J connectivity index is 1.79. The van der Waals surface area contributed by atoms with Gasteiger partial charge in [0.25, 0.3) is 0 Å². The molecule has 1 heterocycles. The second-order valence-electron chi connectivity index (χ2n) is 6.93. The summed E-state index contributed by atoms with van der Waals surface area (Å²) in [5, 5.41) is 0. The number of para-hydroxylation sites is 2. The van der Waals surface area contributed by atoms with Gasteiger partial charge >= 0.3 is 5.97 Å². The molecule has 2 aromatic carbocycles. The first kappa shape index (κ1) is 21.8. The van der Waals surface area contributed by atoms with Crippen LogP contribution < -0.4 is 9.64 Å². The summed E-state index contributed by atoms with van der Waals surface area (Å²) >= 11 is 0. The lowest BCUT2D eigenvalue weighted by molar-refractivity contribution is -0.148. The molecule has 30 heavy (non-hydrogen) atoms. The first-order valence-electron chi connectivity index (χ1n) is 9.42. The highest BCUT2D eigenvalue weighted by atomic mass is 32.2. The van der Waals surface area contributed by atoms with Gasteiger partial charge in [-0.05, 0) is 24.1 Å². The summed E-state index contributed by atoms with van der Waals surface area (Å²) in [5.74, 6) is -0.688. The van der Waals surface area contributed by atoms with Gasteiger partial charge in [-0.2, -0.15) is 4.31 Å². The van der Waals surface area contributed by atoms with Crippen molar-refractivity contribution in [3.8, 4) is 5.75 Å². The van der Waals surface area contributed by atoms with E-state index in [-0.39, 0.29) is 19.6 Å². The number of rotatable bonds is 7. The Kier molecular flexibility index (Phi) is 6.73. The van der Waals surface area contributed by atoms with E-state index in [1.54, 1.807) is 24.3 Å². The molecule has 2 aromatic rings. The van der Waals surface area contributed by atoms with Crippen molar-refractivity contribution in [1.29, 1.82) is 0 Å². The van der Waals surface area contributed by atoms with E-state index in [9.17, 15) is 18.0 Å². The van der Waals surface area contributed by atoms with E-state index in [2.05, 4.69) is 0 Å². The number of amides is 1. The first-order valence-corrected chi connectivity index (χ1v) is 11.3. The molecule has 160 valence electrons. The fourth-order valence-electron chi connectivity index (χ4n) is 3.22. The summed E-state index contributed by atoms with van der Waals surface area (Å²) in [6.45, 7) is -0.228. The minimum Gasteiger partial charge on any atom is -0.475 e. The van der Waals surface area contributed by atoms with Gasteiger partial charge in [-0.3, -0.25) is 4.79 Å². The first-order chi connectivity index (χ1) is 14.3. The number of sulfonamides is 1. The fraction of sp³-hybridized carbons (Fsp3) is 0.333. The molecule has 1 unspecified atom stereocenters. The summed E-state index contributed by atoms with van der Waals surface area (Å²) in [7, 11) is -2.37. The number of fused-ring (bicyclic) bond motifs is 1. The Morgan fingerprint density at radius 3 is 2.47 bits per heavy atom. The molecule has 0 aliphatic carbocycles. The zero-order valence-electron chi connectivity index (χ0n) is 16.9. The molecule has 1 aliphatic heterocycles. The van der Waals surface area contributed by atoms with Crippen molar-refractivity contribution < 1.29 is 27.5 Å². The average Bonchev–Trinajstić information content (AvgIpc) is 2.75. The van der Waals surface area contributed by atoms with Crippen LogP contribution in [-0.4, -0.2) is 63.7 Å². The standard InChI is InChI=1S/C21H24N2O6S/c1-28-21(25)19-14-23(17-10-6-7-11-18(17)29-19)20(24)15-22(30(2,26)27)13-12-16-8-4-3-5-9-16/h3-11,19H,12-15H2,1-2H3. The lowest BCUT2D eigenvalue weighted by Crippen LogP contribution is -2.51. The largest absolute Gasteiger partial charge is 0.475 e. The highest BCUT2D eigenvalue weighted by Crippen LogP contribution is 2.33. The molecule has 0 spiro atoms. The fourth-order valence-corrected chi connectivity index (χ4v) is 3.99. The van der Waals surface area contributed by atoms with Gasteiger partial charge in [0.15, 0.2) is 0 Å². The van der Waals surface area contributed by atoms with Crippen LogP contribution in [0.15, 0.2) is 54.6 Å². The minimum atomic E-state index is -3.62. The van der Waals surface area contributed by atoms with Crippen LogP contribution in [0.1, 0.15) is 5.56 Å². The number of anilines is 1. The Labute approximate surface area is 176 Å². The lowest BCUT2D eigenvalue weighted by Gasteiger charge is -2.34. The minimum absolute atomic E-state index is 0.0567. The third-order valence-electron chi connectivity index (χ3n) is 4.81. The van der Waals surface area contributed by atoms with Gasteiger partial charge in [0.1, 0.15) is 5.75 Å². The van der Waals surface area contributed by atoms with Gasteiger partial charge < -0.3 is 14.4 Å². The van der Waals surface area contributed by atoms with Gasteiger partial charge in [-0.1, -0.05) is 42.5 Å². The van der Waals surface area contributed by atoms with Crippen molar-refractivity contribution in [3.63, 3.8) is 0 Å². The molecule has 0 saturated carbocycles. The molecule has 0 fully saturated rings. The molecule has 3 rings (SSSR count). The van der Waals surface area contributed by atoms with Crippen molar-refractivity contribution >= 4 is 27.6 Å². The number of carbonyl (C=O) groups excluding carboxylic acids is 2. The Hall–Kier alpha value is -2.91. The van der Waals surface area contributed by atoms with Gasteiger partial charge in [0.05, 0.1) is 32.1 Å². The third-order valence-corrected chi connectivity index (χ3v) is 6.06. The Morgan fingerprint density at radius 2 is 1.80 bits per heavy atom. The number of hydrogen-bond donors (Lipinski definition) is 0. The number of esters is 1. The van der Waals surface area contributed by atoms with Crippen molar-refractivity contribution in [1.82, 2.24) is 4.31 Å². The topological polar surface area (TPSA) is 93.2 Å². The average molecular weight is 432 g/mol. The van der Waals surface area contributed by atoms with E-state index in [0.717, 1.165) is 16.1 Å². The van der Waals surface area contributed by atoms with E-state index in [1.165, 1.54) is 12.0 Å². The molecule has 0 N–H and O–H groups in total. The third kappa shape index (κ3) is 5.17. The Morgan fingerprint density at radius 1 is 1.13 bits per heavy atom. The molecule has 9 heteroatoms. The zero-order valence-corrected chi connectivity index (χ0v) is 17.7. The maximum absolute atomic E-state index is 13.1. The van der Waals surface area contributed by atoms with Crippen molar-refractivity contribution in [2.45, 2.75) is 12.5 Å². The quantitative estimate of drug-likeness (QED) is 0.615. The lowest BCUT2D eigenvalue weighted by atomic mass is 10.1. The number of ether oxygens (including phenoxy) is 2. The number of nitrogens with zero attached hydrogens (tertiary/aromatic N) is 2. The second-order valence-corrected chi connectivity index (χ2v) is 8.92. The molecule has 1 aliphatic rings. The summed E-state index contributed by atoms with van der Waals surface area (Å²) in [4.78, 5) is 26.5. The summed E-state index contributed by atoms with van der Waals surface area (Å²) in [5.41, 5.74) is 1.46. The van der Waals surface area contributed by atoms with Crippen LogP contribution in [0.3, 0.4) is 0 Å². The summed E-state index contributed by atoms with van der Waals surface area (Å²) < 4.78 is 36.1. The van der Waals surface area contributed by atoms with Crippen LogP contribution in [-0.2, 0) is 30.8 Å². The maximum Gasteiger partial charge on any atom is 0.348 e. The summed E-state index contributed by atoms with van der Waals surface area (Å²) in [6.07, 6.45) is 0.575. The van der Waals surface area contributed by atoms with E-state index in [0.29, 0.717) is 17.9 Å². The van der Waals surface area contributed by atoms with Crippen LogP contribution in [0, 0.1) is 0 Å². The van der Waals surface area contributed by atoms with E-state index in [1.807, 2.05) is 30.3 Å². The molecule has 8 nitrogen and oxygen atoms in total. The predicted octanol–water partition coefficient (Wildman–Crippen LogP) is 1.46. The van der Waals surface area contributed by atoms with Crippen molar-refractivity contribution in [3.05, 3.63) is 60.2 Å². The smallest absolute Gasteiger partial charge is 0.348 e. The van der Waals surface area contributed by atoms with Crippen molar-refractivity contribution in [2.75, 3.05) is 37.9 Å². The van der Waals surface area contributed by atoms with Crippen LogP contribution in [0.25, 0.3) is 0 Å². The van der Waals surface area contributed by atoms with E-state index < -0.39 is 28.0 Å². The molecule has 1 amide bonds. The molecule has 1 atom stereocenters. The monoisotopic (exact) mass is 432 g/mol. The molecule has 0 radical (unpaired) electrons. The molecular weight excluding hydrogens is 408 g/mol. The second kappa shape index (κ2) is 9.27. The van der Waals surface area contributed by atoms with Gasteiger partial charge in [-0.15, -0.1) is 0 Å². The molecule has 0 saturated heterocycles. The SMILES string of the molecule is COC(=O)C1CN(C(=O)CN(CCc2ccccc2)S(C)(=O)=O)c2ccccc2O1. The Bertz CT molecular complexity index is 1010. The van der Waals surface area contributed by atoms with E-state index >= 15 is 0 Å². The zero-order chi connectivity index (χ0) is 21.7.